The minimum absolute atomic E-state index is 0. The van der Waals surface area contributed by atoms with E-state index in [0.717, 1.165) is 44.1 Å². The minimum Gasteiger partial charge on any atom is -0.352 e. The first-order chi connectivity index (χ1) is 9.70. The zero-order chi connectivity index (χ0) is 14.4. The molecule has 0 unspecified atom stereocenters. The molecule has 4 nitrogen and oxygen atoms in total. The van der Waals surface area contributed by atoms with Gasteiger partial charge in [0.1, 0.15) is 0 Å². The normalized spacial score (nSPS) is 22.8. The monoisotopic (exact) mass is 335 g/mol. The summed E-state index contributed by atoms with van der Waals surface area (Å²) in [4.78, 5) is 14.6. The van der Waals surface area contributed by atoms with Gasteiger partial charge < -0.3 is 16.0 Å². The molecule has 0 spiro atoms. The van der Waals surface area contributed by atoms with Crippen LogP contribution in [-0.4, -0.2) is 54.0 Å². The number of halogens is 1. The van der Waals surface area contributed by atoms with Crippen LogP contribution in [0.25, 0.3) is 0 Å². The summed E-state index contributed by atoms with van der Waals surface area (Å²) in [5.74, 6) is 0.993. The van der Waals surface area contributed by atoms with Gasteiger partial charge in [-0.2, -0.15) is 11.8 Å². The van der Waals surface area contributed by atoms with Gasteiger partial charge in [0.15, 0.2) is 0 Å². The summed E-state index contributed by atoms with van der Waals surface area (Å²) in [6, 6.07) is 0.811. The lowest BCUT2D eigenvalue weighted by molar-refractivity contribution is -0.123. The highest BCUT2D eigenvalue weighted by Gasteiger charge is 2.28. The number of nitrogens with one attached hydrogen (secondary N) is 1. The third-order valence-electron chi connectivity index (χ3n) is 4.69. The van der Waals surface area contributed by atoms with Crippen molar-refractivity contribution in [3.05, 3.63) is 0 Å². The molecule has 0 radical (unpaired) electrons. The molecule has 1 atom stereocenters. The van der Waals surface area contributed by atoms with Crippen molar-refractivity contribution in [1.82, 2.24) is 10.2 Å². The van der Waals surface area contributed by atoms with Crippen LogP contribution < -0.4 is 11.1 Å². The van der Waals surface area contributed by atoms with E-state index in [0.29, 0.717) is 6.04 Å². The number of nitrogens with zero attached hydrogens (tertiary/aromatic N) is 1. The predicted octanol–water partition coefficient (Wildman–Crippen LogP) is 2.01. The Morgan fingerprint density at radius 2 is 1.90 bits per heavy atom. The standard InChI is InChI=1S/C15H29N3OS.ClH/c1-20-11-8-14(16)15(19)17-12-6-9-18(10-7-12)13-4-2-3-5-13;/h12-14H,2-11,16H2,1H3,(H,17,19);1H/t14-;/m0./s1. The molecule has 0 aromatic carbocycles. The number of carbonyl (C=O) groups excluding carboxylic acids is 1. The van der Waals surface area contributed by atoms with E-state index in [1.165, 1.54) is 25.7 Å². The Bertz CT molecular complexity index is 305. The van der Waals surface area contributed by atoms with E-state index in [1.807, 2.05) is 6.26 Å². The number of likely N-dealkylation sites (tertiary alicyclic amines) is 1. The van der Waals surface area contributed by atoms with Gasteiger partial charge in [0.05, 0.1) is 6.04 Å². The molecule has 3 N–H and O–H groups in total. The van der Waals surface area contributed by atoms with E-state index in [2.05, 4.69) is 10.2 Å². The Balaban J connectivity index is 0.00000220. The van der Waals surface area contributed by atoms with Gasteiger partial charge >= 0.3 is 0 Å². The first kappa shape index (κ1) is 19.1. The van der Waals surface area contributed by atoms with E-state index < -0.39 is 0 Å². The third kappa shape index (κ3) is 5.97. The van der Waals surface area contributed by atoms with Crippen molar-refractivity contribution in [1.29, 1.82) is 0 Å². The maximum atomic E-state index is 12.0. The molecule has 1 aliphatic carbocycles. The number of amides is 1. The lowest BCUT2D eigenvalue weighted by Gasteiger charge is -2.36. The molecule has 1 saturated heterocycles. The highest BCUT2D eigenvalue weighted by molar-refractivity contribution is 7.98. The summed E-state index contributed by atoms with van der Waals surface area (Å²) in [6.45, 7) is 2.27. The summed E-state index contributed by atoms with van der Waals surface area (Å²) in [6.07, 6.45) is 10.5. The number of hydrogen-bond donors (Lipinski definition) is 2. The van der Waals surface area contributed by atoms with Crippen LogP contribution in [0.2, 0.25) is 0 Å². The van der Waals surface area contributed by atoms with Crippen LogP contribution in [0.5, 0.6) is 0 Å². The number of carbonyl (C=O) groups is 1. The maximum absolute atomic E-state index is 12.0. The number of thioether (sulfide) groups is 1. The third-order valence-corrected chi connectivity index (χ3v) is 5.33. The number of nitrogens with two attached hydrogens (primary N) is 1. The second-order valence-corrected chi connectivity index (χ2v) is 7.13. The van der Waals surface area contributed by atoms with Crippen molar-refractivity contribution in [2.24, 2.45) is 5.73 Å². The summed E-state index contributed by atoms with van der Waals surface area (Å²) < 4.78 is 0. The highest BCUT2D eigenvalue weighted by atomic mass is 35.5. The van der Waals surface area contributed by atoms with Crippen molar-refractivity contribution in [2.45, 2.75) is 63.1 Å². The van der Waals surface area contributed by atoms with Crippen LogP contribution in [0, 0.1) is 0 Å². The molecule has 0 aromatic rings. The van der Waals surface area contributed by atoms with E-state index in [9.17, 15) is 4.79 Å². The Labute approximate surface area is 139 Å². The van der Waals surface area contributed by atoms with Crippen LogP contribution in [-0.2, 0) is 4.79 Å². The van der Waals surface area contributed by atoms with Crippen LogP contribution in [0.4, 0.5) is 0 Å². The van der Waals surface area contributed by atoms with Gasteiger partial charge in [0, 0.05) is 25.2 Å². The molecular weight excluding hydrogens is 306 g/mol. The summed E-state index contributed by atoms with van der Waals surface area (Å²) in [5, 5.41) is 3.14. The van der Waals surface area contributed by atoms with Gasteiger partial charge in [-0.15, -0.1) is 12.4 Å². The van der Waals surface area contributed by atoms with Gasteiger partial charge in [0.2, 0.25) is 5.91 Å². The molecule has 1 heterocycles. The molecule has 2 aliphatic rings. The molecule has 1 aliphatic heterocycles. The molecule has 0 bridgehead atoms. The number of rotatable bonds is 6. The average molecular weight is 336 g/mol. The smallest absolute Gasteiger partial charge is 0.237 e. The van der Waals surface area contributed by atoms with Gasteiger partial charge in [-0.05, 0) is 44.1 Å². The van der Waals surface area contributed by atoms with Crippen molar-refractivity contribution >= 4 is 30.1 Å². The fraction of sp³-hybridized carbons (Fsp3) is 0.933. The zero-order valence-electron chi connectivity index (χ0n) is 13.1. The summed E-state index contributed by atoms with van der Waals surface area (Å²) in [5.41, 5.74) is 5.91. The first-order valence-corrected chi connectivity index (χ1v) is 9.39. The zero-order valence-corrected chi connectivity index (χ0v) is 14.7. The molecule has 124 valence electrons. The lowest BCUT2D eigenvalue weighted by Crippen LogP contribution is -2.51. The van der Waals surface area contributed by atoms with Crippen molar-refractivity contribution in [3.8, 4) is 0 Å². The molecule has 2 fully saturated rings. The largest absolute Gasteiger partial charge is 0.352 e. The lowest BCUT2D eigenvalue weighted by atomic mass is 10.0. The van der Waals surface area contributed by atoms with Gasteiger partial charge in [-0.3, -0.25) is 4.79 Å². The topological polar surface area (TPSA) is 58.4 Å². The molecule has 6 heteroatoms. The Kier molecular flexibility index (Phi) is 9.02. The predicted molar refractivity (Wildman–Crippen MR) is 93.2 cm³/mol. The highest BCUT2D eigenvalue weighted by Crippen LogP contribution is 2.26. The number of hydrogen-bond acceptors (Lipinski definition) is 4. The average Bonchev–Trinajstić information content (AvgIpc) is 2.99. The minimum atomic E-state index is -0.338. The van der Waals surface area contributed by atoms with Crippen LogP contribution in [0.15, 0.2) is 0 Å². The fourth-order valence-electron chi connectivity index (χ4n) is 3.36. The second kappa shape index (κ2) is 9.93. The van der Waals surface area contributed by atoms with Gasteiger partial charge in [-0.1, -0.05) is 12.8 Å². The van der Waals surface area contributed by atoms with Crippen LogP contribution in [0.3, 0.4) is 0 Å². The molecule has 1 saturated carbocycles. The van der Waals surface area contributed by atoms with E-state index in [4.69, 9.17) is 5.73 Å². The number of piperidine rings is 1. The quantitative estimate of drug-likeness (QED) is 0.779. The maximum Gasteiger partial charge on any atom is 0.237 e. The summed E-state index contributed by atoms with van der Waals surface area (Å²) in [7, 11) is 0. The van der Waals surface area contributed by atoms with Crippen molar-refractivity contribution in [2.75, 3.05) is 25.1 Å². The molecule has 1 amide bonds. The van der Waals surface area contributed by atoms with E-state index >= 15 is 0 Å². The second-order valence-electron chi connectivity index (χ2n) is 6.15. The van der Waals surface area contributed by atoms with E-state index in [1.54, 1.807) is 11.8 Å². The molecule has 2 rings (SSSR count). The van der Waals surface area contributed by atoms with Crippen LogP contribution >= 0.6 is 24.2 Å². The van der Waals surface area contributed by atoms with Gasteiger partial charge in [-0.25, -0.2) is 0 Å². The van der Waals surface area contributed by atoms with Gasteiger partial charge in [0.25, 0.3) is 0 Å². The molecular formula is C15H30ClN3OS. The Hall–Kier alpha value is 0.0300. The molecule has 21 heavy (non-hydrogen) atoms. The van der Waals surface area contributed by atoms with E-state index in [-0.39, 0.29) is 24.4 Å². The van der Waals surface area contributed by atoms with Crippen molar-refractivity contribution in [3.63, 3.8) is 0 Å². The SMILES string of the molecule is CSCC[C@H](N)C(=O)NC1CCN(C2CCCC2)CC1.Cl. The Morgan fingerprint density at radius 3 is 2.48 bits per heavy atom. The van der Waals surface area contributed by atoms with Crippen LogP contribution in [0.1, 0.15) is 44.9 Å². The van der Waals surface area contributed by atoms with Crippen molar-refractivity contribution < 1.29 is 4.79 Å². The fourth-order valence-corrected chi connectivity index (χ4v) is 3.85. The Morgan fingerprint density at radius 1 is 1.29 bits per heavy atom. The summed E-state index contributed by atoms with van der Waals surface area (Å²) >= 11 is 1.74. The first-order valence-electron chi connectivity index (χ1n) is 7.99. The molecule has 0 aromatic heterocycles.